The van der Waals surface area contributed by atoms with Crippen LogP contribution in [0.3, 0.4) is 0 Å². The van der Waals surface area contributed by atoms with E-state index in [1.54, 1.807) is 25.0 Å². The Morgan fingerprint density at radius 2 is 2.21 bits per heavy atom. The Bertz CT molecular complexity index is 1090. The molecule has 0 aliphatic carbocycles. The lowest BCUT2D eigenvalue weighted by Gasteiger charge is -2.16. The van der Waals surface area contributed by atoms with Crippen molar-refractivity contribution in [2.45, 2.75) is 37.5 Å². The number of aliphatic hydroxyl groups excluding tert-OH is 2. The molecule has 1 saturated heterocycles. The molecule has 7 nitrogen and oxygen atoms in total. The van der Waals surface area contributed by atoms with Crippen LogP contribution in [0.15, 0.2) is 30.6 Å². The van der Waals surface area contributed by atoms with E-state index < -0.39 is 12.2 Å². The highest BCUT2D eigenvalue weighted by Crippen LogP contribution is 2.30. The second kappa shape index (κ2) is 8.59. The maximum Gasteiger partial charge on any atom is 0.208 e. The first kappa shape index (κ1) is 20.0. The number of hydrogen-bond acceptors (Lipinski definition) is 7. The number of nitrogens with one attached hydrogen (secondary N) is 1. The van der Waals surface area contributed by atoms with Gasteiger partial charge >= 0.3 is 0 Å². The normalized spacial score (nSPS) is 21.2. The van der Waals surface area contributed by atoms with E-state index >= 15 is 0 Å². The summed E-state index contributed by atoms with van der Waals surface area (Å²) in [5.74, 6) is 7.24. The van der Waals surface area contributed by atoms with Crippen molar-refractivity contribution >= 4 is 40.3 Å². The molecule has 150 valence electrons. The van der Waals surface area contributed by atoms with E-state index in [-0.39, 0.29) is 5.25 Å². The maximum atomic E-state index is 10.2. The van der Waals surface area contributed by atoms with E-state index in [4.69, 9.17) is 11.6 Å². The van der Waals surface area contributed by atoms with Gasteiger partial charge in [0.25, 0.3) is 0 Å². The Morgan fingerprint density at radius 1 is 1.34 bits per heavy atom. The van der Waals surface area contributed by atoms with Crippen molar-refractivity contribution in [2.24, 2.45) is 0 Å². The molecule has 1 fully saturated rings. The zero-order valence-electron chi connectivity index (χ0n) is 15.7. The summed E-state index contributed by atoms with van der Waals surface area (Å²) in [6, 6.07) is 7.60. The van der Waals surface area contributed by atoms with Gasteiger partial charge in [-0.15, -0.1) is 0 Å². The fraction of sp³-hybridized carbons (Fsp3) is 0.350. The number of anilines is 1. The van der Waals surface area contributed by atoms with E-state index in [0.717, 1.165) is 5.56 Å². The highest BCUT2D eigenvalue weighted by atomic mass is 35.5. The number of thioether (sulfide) groups is 1. The molecule has 4 rings (SSSR count). The molecule has 0 amide bonds. The van der Waals surface area contributed by atoms with Gasteiger partial charge in [0.2, 0.25) is 5.82 Å². The summed E-state index contributed by atoms with van der Waals surface area (Å²) in [7, 11) is 0. The summed E-state index contributed by atoms with van der Waals surface area (Å²) < 4.78 is 1.88. The van der Waals surface area contributed by atoms with Crippen molar-refractivity contribution < 1.29 is 10.2 Å². The highest BCUT2D eigenvalue weighted by molar-refractivity contribution is 8.00. The molecule has 2 aromatic heterocycles. The van der Waals surface area contributed by atoms with Crippen LogP contribution < -0.4 is 5.32 Å². The molecule has 1 aromatic carbocycles. The van der Waals surface area contributed by atoms with E-state index in [1.807, 2.05) is 28.8 Å². The van der Waals surface area contributed by atoms with Gasteiger partial charge < -0.3 is 20.1 Å². The summed E-state index contributed by atoms with van der Waals surface area (Å²) in [5, 5.41) is 23.8. The van der Waals surface area contributed by atoms with Crippen LogP contribution in [0.5, 0.6) is 0 Å². The lowest BCUT2D eigenvalue weighted by atomic mass is 10.1. The fourth-order valence-corrected chi connectivity index (χ4v) is 4.72. The van der Waals surface area contributed by atoms with Gasteiger partial charge in [-0.3, -0.25) is 0 Å². The Balaban J connectivity index is 1.65. The SMILES string of the molecule is CC#Cc1nc(NCc2cccc(Cl)c2)c2ncn(CC3SCC(O)C3O)c2n1. The molecule has 29 heavy (non-hydrogen) atoms. The van der Waals surface area contributed by atoms with E-state index in [1.165, 1.54) is 0 Å². The lowest BCUT2D eigenvalue weighted by molar-refractivity contribution is 0.0396. The Morgan fingerprint density at radius 3 is 2.93 bits per heavy atom. The average molecular weight is 430 g/mol. The molecular weight excluding hydrogens is 410 g/mol. The predicted molar refractivity (Wildman–Crippen MR) is 115 cm³/mol. The molecule has 3 unspecified atom stereocenters. The van der Waals surface area contributed by atoms with E-state index in [2.05, 4.69) is 32.1 Å². The minimum atomic E-state index is -0.769. The third kappa shape index (κ3) is 4.33. The highest BCUT2D eigenvalue weighted by Gasteiger charge is 2.34. The van der Waals surface area contributed by atoms with Crippen LogP contribution in [-0.2, 0) is 13.1 Å². The molecule has 3 atom stereocenters. The smallest absolute Gasteiger partial charge is 0.208 e. The first-order chi connectivity index (χ1) is 14.0. The largest absolute Gasteiger partial charge is 0.390 e. The third-order valence-electron chi connectivity index (χ3n) is 4.68. The third-order valence-corrected chi connectivity index (χ3v) is 6.31. The number of hydrogen-bond donors (Lipinski definition) is 3. The summed E-state index contributed by atoms with van der Waals surface area (Å²) in [6.07, 6.45) is 0.214. The first-order valence-electron chi connectivity index (χ1n) is 9.17. The summed E-state index contributed by atoms with van der Waals surface area (Å²) >= 11 is 7.61. The predicted octanol–water partition coefficient (Wildman–Crippen LogP) is 2.30. The van der Waals surface area contributed by atoms with Crippen molar-refractivity contribution in [1.82, 2.24) is 19.5 Å². The van der Waals surface area contributed by atoms with E-state index in [0.29, 0.717) is 46.7 Å². The monoisotopic (exact) mass is 429 g/mol. The molecule has 3 heterocycles. The molecule has 0 saturated carbocycles. The first-order valence-corrected chi connectivity index (χ1v) is 10.6. The zero-order chi connectivity index (χ0) is 20.4. The van der Waals surface area contributed by atoms with Gasteiger partial charge in [0.05, 0.1) is 23.8 Å². The molecule has 1 aliphatic rings. The number of imidazole rings is 1. The molecule has 1 aliphatic heterocycles. The van der Waals surface area contributed by atoms with Gasteiger partial charge in [-0.2, -0.15) is 11.8 Å². The number of fused-ring (bicyclic) bond motifs is 1. The van der Waals surface area contributed by atoms with Gasteiger partial charge in [0.15, 0.2) is 17.0 Å². The van der Waals surface area contributed by atoms with Crippen LogP contribution in [-0.4, -0.2) is 52.9 Å². The van der Waals surface area contributed by atoms with Gasteiger partial charge in [-0.25, -0.2) is 15.0 Å². The van der Waals surface area contributed by atoms with Crippen LogP contribution in [0.25, 0.3) is 11.2 Å². The minimum Gasteiger partial charge on any atom is -0.390 e. The quantitative estimate of drug-likeness (QED) is 0.535. The molecule has 0 spiro atoms. The lowest BCUT2D eigenvalue weighted by Crippen LogP contribution is -2.31. The standard InChI is InChI=1S/C20H20ClN5O2S/c1-2-4-16-24-19(22-8-12-5-3-6-13(21)7-12)17-20(25-16)26(11-23-17)9-15-18(28)14(27)10-29-15/h3,5-7,11,14-15,18,27-28H,8-10H2,1H3,(H,22,24,25). The van der Waals surface area contributed by atoms with Crippen LogP contribution in [0.1, 0.15) is 18.3 Å². The molecule has 9 heteroatoms. The van der Waals surface area contributed by atoms with Gasteiger partial charge in [0, 0.05) is 23.9 Å². The number of halogens is 1. The molecule has 0 radical (unpaired) electrons. The van der Waals surface area contributed by atoms with Crippen LogP contribution in [0.2, 0.25) is 5.02 Å². The maximum absolute atomic E-state index is 10.2. The minimum absolute atomic E-state index is 0.124. The summed E-state index contributed by atoms with van der Waals surface area (Å²) in [5.41, 5.74) is 2.29. The number of rotatable bonds is 5. The zero-order valence-corrected chi connectivity index (χ0v) is 17.3. The van der Waals surface area contributed by atoms with Crippen molar-refractivity contribution in [3.8, 4) is 11.8 Å². The number of aromatic nitrogens is 4. The van der Waals surface area contributed by atoms with Gasteiger partial charge in [0.1, 0.15) is 0 Å². The van der Waals surface area contributed by atoms with Gasteiger partial charge in [-0.05, 0) is 30.5 Å². The number of nitrogens with zero attached hydrogens (tertiary/aromatic N) is 4. The molecule has 3 aromatic rings. The Kier molecular flexibility index (Phi) is 5.92. The molecule has 3 N–H and O–H groups in total. The molecular formula is C20H20ClN5O2S. The van der Waals surface area contributed by atoms with Crippen molar-refractivity contribution in [3.63, 3.8) is 0 Å². The number of benzene rings is 1. The average Bonchev–Trinajstić information content (AvgIpc) is 3.25. The summed E-state index contributed by atoms with van der Waals surface area (Å²) in [4.78, 5) is 13.5. The fourth-order valence-electron chi connectivity index (χ4n) is 3.22. The summed E-state index contributed by atoms with van der Waals surface area (Å²) in [6.45, 7) is 2.75. The van der Waals surface area contributed by atoms with Crippen LogP contribution >= 0.6 is 23.4 Å². The van der Waals surface area contributed by atoms with E-state index in [9.17, 15) is 10.2 Å². The van der Waals surface area contributed by atoms with Crippen LogP contribution in [0.4, 0.5) is 5.82 Å². The van der Waals surface area contributed by atoms with Crippen LogP contribution in [0, 0.1) is 11.8 Å². The Hall–Kier alpha value is -2.31. The van der Waals surface area contributed by atoms with Crippen molar-refractivity contribution in [3.05, 3.63) is 47.0 Å². The van der Waals surface area contributed by atoms with Crippen molar-refractivity contribution in [1.29, 1.82) is 0 Å². The number of aliphatic hydroxyl groups is 2. The second-order valence-corrected chi connectivity index (χ2v) is 8.46. The Labute approximate surface area is 177 Å². The van der Waals surface area contributed by atoms with Crippen molar-refractivity contribution in [2.75, 3.05) is 11.1 Å². The topological polar surface area (TPSA) is 96.1 Å². The second-order valence-electron chi connectivity index (χ2n) is 6.75. The van der Waals surface area contributed by atoms with Gasteiger partial charge in [-0.1, -0.05) is 29.7 Å². The molecule has 0 bridgehead atoms.